The highest BCUT2D eigenvalue weighted by molar-refractivity contribution is 7.92. The summed E-state index contributed by atoms with van der Waals surface area (Å²) in [5, 5.41) is 3.96. The van der Waals surface area contributed by atoms with Gasteiger partial charge in [0.05, 0.1) is 15.6 Å². The lowest BCUT2D eigenvalue weighted by atomic mass is 9.94. The van der Waals surface area contributed by atoms with Gasteiger partial charge in [0.2, 0.25) is 11.8 Å². The SMILES string of the molecule is Cc1ccc(S(=O)(=O)N(CC(=O)N(Cc2ccccc2Cl)C(Cc2ccccc2)C(=O)NC2CCCCC2)c2cc(Cl)ccc2Cl)cc1. The molecule has 48 heavy (non-hydrogen) atoms. The number of sulfonamides is 1. The van der Waals surface area contributed by atoms with Gasteiger partial charge in [0.25, 0.3) is 10.0 Å². The summed E-state index contributed by atoms with van der Waals surface area (Å²) in [7, 11) is -4.33. The number of nitrogens with zero attached hydrogens (tertiary/aromatic N) is 2. The van der Waals surface area contributed by atoms with Crippen molar-refractivity contribution in [3.63, 3.8) is 0 Å². The van der Waals surface area contributed by atoms with Crippen LogP contribution in [0.4, 0.5) is 5.69 Å². The molecule has 0 radical (unpaired) electrons. The third-order valence-corrected chi connectivity index (χ3v) is 11.3. The van der Waals surface area contributed by atoms with Crippen LogP contribution in [0.5, 0.6) is 0 Å². The van der Waals surface area contributed by atoms with Gasteiger partial charge in [0, 0.05) is 29.1 Å². The lowest BCUT2D eigenvalue weighted by molar-refractivity contribution is -0.140. The normalized spacial score (nSPS) is 14.2. The van der Waals surface area contributed by atoms with Gasteiger partial charge in [-0.2, -0.15) is 0 Å². The Labute approximate surface area is 297 Å². The van der Waals surface area contributed by atoms with Crippen molar-refractivity contribution in [1.29, 1.82) is 0 Å². The van der Waals surface area contributed by atoms with E-state index in [9.17, 15) is 18.0 Å². The van der Waals surface area contributed by atoms with Crippen LogP contribution in [0.15, 0.2) is 102 Å². The first-order chi connectivity index (χ1) is 23.0. The molecule has 1 saturated carbocycles. The average Bonchev–Trinajstić information content (AvgIpc) is 3.08. The smallest absolute Gasteiger partial charge is 0.264 e. The Morgan fingerprint density at radius 2 is 1.50 bits per heavy atom. The van der Waals surface area contributed by atoms with Crippen LogP contribution in [-0.4, -0.2) is 43.8 Å². The molecule has 1 N–H and O–H groups in total. The number of carbonyl (C=O) groups excluding carboxylic acids is 2. The van der Waals surface area contributed by atoms with Gasteiger partial charge in [-0.15, -0.1) is 0 Å². The van der Waals surface area contributed by atoms with Gasteiger partial charge in [-0.25, -0.2) is 8.42 Å². The molecule has 4 aromatic rings. The highest BCUT2D eigenvalue weighted by Gasteiger charge is 2.36. The van der Waals surface area contributed by atoms with Crippen molar-refractivity contribution < 1.29 is 18.0 Å². The zero-order chi connectivity index (χ0) is 34.3. The Bertz CT molecular complexity index is 1830. The average molecular weight is 727 g/mol. The van der Waals surface area contributed by atoms with E-state index in [0.29, 0.717) is 10.6 Å². The molecule has 11 heteroatoms. The molecule has 0 aliphatic heterocycles. The maximum absolute atomic E-state index is 14.7. The maximum Gasteiger partial charge on any atom is 0.264 e. The number of hydrogen-bond donors (Lipinski definition) is 1. The predicted octanol–water partition coefficient (Wildman–Crippen LogP) is 8.24. The molecule has 252 valence electrons. The van der Waals surface area contributed by atoms with Crippen molar-refractivity contribution >= 4 is 62.3 Å². The van der Waals surface area contributed by atoms with Crippen molar-refractivity contribution in [1.82, 2.24) is 10.2 Å². The van der Waals surface area contributed by atoms with E-state index in [0.717, 1.165) is 47.5 Å². The van der Waals surface area contributed by atoms with Crippen molar-refractivity contribution in [3.05, 3.63) is 129 Å². The summed E-state index contributed by atoms with van der Waals surface area (Å²) in [6.07, 6.45) is 5.08. The number of aryl methyl sites for hydroxylation is 1. The highest BCUT2D eigenvalue weighted by atomic mass is 35.5. The zero-order valence-corrected chi connectivity index (χ0v) is 29.7. The van der Waals surface area contributed by atoms with Crippen molar-refractivity contribution in [2.24, 2.45) is 0 Å². The van der Waals surface area contributed by atoms with Crippen molar-refractivity contribution in [2.45, 2.75) is 69.0 Å². The first kappa shape index (κ1) is 35.7. The number of anilines is 1. The third kappa shape index (κ3) is 8.91. The largest absolute Gasteiger partial charge is 0.352 e. The van der Waals surface area contributed by atoms with Gasteiger partial charge in [-0.3, -0.25) is 13.9 Å². The second-order valence-electron chi connectivity index (χ2n) is 12.1. The van der Waals surface area contributed by atoms with Crippen molar-refractivity contribution in [3.8, 4) is 0 Å². The molecule has 1 aliphatic carbocycles. The first-order valence-electron chi connectivity index (χ1n) is 15.9. The molecule has 0 saturated heterocycles. The molecule has 1 atom stereocenters. The molecule has 7 nitrogen and oxygen atoms in total. The quantitative estimate of drug-likeness (QED) is 0.159. The summed E-state index contributed by atoms with van der Waals surface area (Å²) in [6, 6.07) is 26.3. The number of rotatable bonds is 12. The minimum absolute atomic E-state index is 0.00882. The molecular formula is C37H38Cl3N3O4S. The van der Waals surface area contributed by atoms with Crippen LogP contribution >= 0.6 is 34.8 Å². The number of amides is 2. The standard InChI is InChI=1S/C37H38Cl3N3O4S/c1-26-16-19-31(20-17-26)48(46,47)43(34-23-29(38)18-21-33(34)40)25-36(44)42(24-28-12-8-9-15-32(28)39)35(22-27-10-4-2-5-11-27)37(45)41-30-13-6-3-7-14-30/h2,4-5,8-12,15-21,23,30,35H,3,6-7,13-14,22,24-25H2,1H3,(H,41,45). The van der Waals surface area contributed by atoms with Crippen LogP contribution in [-0.2, 0) is 32.6 Å². The van der Waals surface area contributed by atoms with E-state index in [1.54, 1.807) is 42.5 Å². The number of carbonyl (C=O) groups is 2. The van der Waals surface area contributed by atoms with E-state index in [2.05, 4.69) is 5.32 Å². The van der Waals surface area contributed by atoms with Gasteiger partial charge in [0.1, 0.15) is 12.6 Å². The van der Waals surface area contributed by atoms with E-state index in [1.807, 2.05) is 37.3 Å². The molecule has 0 spiro atoms. The Morgan fingerprint density at radius 1 is 0.833 bits per heavy atom. The fourth-order valence-electron chi connectivity index (χ4n) is 5.94. The summed E-state index contributed by atoms with van der Waals surface area (Å²) in [5.41, 5.74) is 2.38. The van der Waals surface area contributed by atoms with Crippen molar-refractivity contribution in [2.75, 3.05) is 10.8 Å². The van der Waals surface area contributed by atoms with E-state index in [1.165, 1.54) is 29.2 Å². The van der Waals surface area contributed by atoms with Gasteiger partial charge in [-0.1, -0.05) is 120 Å². The molecule has 1 unspecified atom stereocenters. The third-order valence-electron chi connectivity index (χ3n) is 8.59. The second-order valence-corrected chi connectivity index (χ2v) is 15.2. The van der Waals surface area contributed by atoms with E-state index in [4.69, 9.17) is 34.8 Å². The molecular weight excluding hydrogens is 689 g/mol. The topological polar surface area (TPSA) is 86.8 Å². The van der Waals surface area contributed by atoms with Crippen LogP contribution in [0.25, 0.3) is 0 Å². The Kier molecular flexibility index (Phi) is 12.1. The lowest BCUT2D eigenvalue weighted by Gasteiger charge is -2.35. The van der Waals surface area contributed by atoms with Crippen LogP contribution in [0, 0.1) is 6.92 Å². The van der Waals surface area contributed by atoms with Crippen LogP contribution in [0.1, 0.15) is 48.8 Å². The Balaban J connectivity index is 1.59. The summed E-state index contributed by atoms with van der Waals surface area (Å²) in [6.45, 7) is 1.17. The number of nitrogens with one attached hydrogen (secondary N) is 1. The summed E-state index contributed by atoms with van der Waals surface area (Å²) >= 11 is 19.5. The van der Waals surface area contributed by atoms with Gasteiger partial charge >= 0.3 is 0 Å². The monoisotopic (exact) mass is 725 g/mol. The second kappa shape index (κ2) is 16.2. The fourth-order valence-corrected chi connectivity index (χ4v) is 7.99. The molecule has 5 rings (SSSR count). The van der Waals surface area contributed by atoms with E-state index < -0.39 is 28.5 Å². The molecule has 1 fully saturated rings. The molecule has 0 bridgehead atoms. The summed E-state index contributed by atoms with van der Waals surface area (Å²) in [4.78, 5) is 30.4. The van der Waals surface area contributed by atoms with E-state index >= 15 is 0 Å². The number of benzene rings is 4. The molecule has 0 heterocycles. The predicted molar refractivity (Wildman–Crippen MR) is 193 cm³/mol. The number of halogens is 3. The van der Waals surface area contributed by atoms with Gasteiger partial charge < -0.3 is 10.2 Å². The maximum atomic E-state index is 14.7. The summed E-state index contributed by atoms with van der Waals surface area (Å²) in [5.74, 6) is -0.915. The molecule has 0 aromatic heterocycles. The van der Waals surface area contributed by atoms with Crippen LogP contribution in [0.2, 0.25) is 15.1 Å². The zero-order valence-electron chi connectivity index (χ0n) is 26.6. The minimum Gasteiger partial charge on any atom is -0.352 e. The molecule has 2 amide bonds. The minimum atomic E-state index is -4.33. The fraction of sp³-hybridized carbons (Fsp3) is 0.297. The number of hydrogen-bond acceptors (Lipinski definition) is 4. The van der Waals surface area contributed by atoms with Crippen LogP contribution < -0.4 is 9.62 Å². The summed E-state index contributed by atoms with van der Waals surface area (Å²) < 4.78 is 29.5. The van der Waals surface area contributed by atoms with Gasteiger partial charge in [-0.05, 0) is 67.3 Å². The van der Waals surface area contributed by atoms with Crippen LogP contribution in [0.3, 0.4) is 0 Å². The van der Waals surface area contributed by atoms with Gasteiger partial charge in [0.15, 0.2) is 0 Å². The highest BCUT2D eigenvalue weighted by Crippen LogP contribution is 2.34. The Morgan fingerprint density at radius 3 is 2.19 bits per heavy atom. The lowest BCUT2D eigenvalue weighted by Crippen LogP contribution is -2.55. The molecule has 1 aliphatic rings. The van der Waals surface area contributed by atoms with E-state index in [-0.39, 0.29) is 45.5 Å². The first-order valence-corrected chi connectivity index (χ1v) is 18.5. The molecule has 4 aromatic carbocycles. The Hall–Kier alpha value is -3.56.